The number of rotatable bonds is 2. The van der Waals surface area contributed by atoms with Crippen molar-refractivity contribution in [3.05, 3.63) is 11.6 Å². The van der Waals surface area contributed by atoms with Gasteiger partial charge in [-0.05, 0) is 13.0 Å². The average molecular weight is 244 g/mol. The zero-order chi connectivity index (χ0) is 13.0. The van der Waals surface area contributed by atoms with Crippen molar-refractivity contribution in [2.45, 2.75) is 19.3 Å². The minimum atomic E-state index is -5.01. The van der Waals surface area contributed by atoms with E-state index >= 15 is 0 Å². The molecule has 0 bridgehead atoms. The molecule has 0 aliphatic carbocycles. The second kappa shape index (κ2) is 5.01. The van der Waals surface area contributed by atoms with Crippen molar-refractivity contribution in [2.24, 2.45) is 4.99 Å². The number of halogens is 6. The van der Waals surface area contributed by atoms with E-state index in [1.54, 1.807) is 0 Å². The molecule has 0 spiro atoms. The van der Waals surface area contributed by atoms with Crippen molar-refractivity contribution in [3.63, 3.8) is 0 Å². The standard InChI is InChI=1S/C8H6F6N2/c1-5(7(9,10)11)4-6(8(12,13)14)16-3-2-15/h4H,3H2,1H3/b5-4+,16-6?. The van der Waals surface area contributed by atoms with Gasteiger partial charge in [0.2, 0.25) is 0 Å². The molecule has 0 radical (unpaired) electrons. The lowest BCUT2D eigenvalue weighted by molar-refractivity contribution is -0.0915. The van der Waals surface area contributed by atoms with Gasteiger partial charge in [-0.1, -0.05) is 0 Å². The molecule has 0 amide bonds. The topological polar surface area (TPSA) is 36.1 Å². The Hall–Kier alpha value is -1.52. The summed E-state index contributed by atoms with van der Waals surface area (Å²) >= 11 is 0. The largest absolute Gasteiger partial charge is 0.432 e. The predicted octanol–water partition coefficient (Wildman–Crippen LogP) is 3.02. The Labute approximate surface area is 86.9 Å². The summed E-state index contributed by atoms with van der Waals surface area (Å²) in [5.41, 5.74) is -3.15. The fourth-order valence-electron chi connectivity index (χ4n) is 0.625. The number of allylic oxidation sites excluding steroid dienone is 2. The maximum absolute atomic E-state index is 12.1. The van der Waals surface area contributed by atoms with Gasteiger partial charge in [0, 0.05) is 5.57 Å². The lowest BCUT2D eigenvalue weighted by Crippen LogP contribution is -2.23. The summed E-state index contributed by atoms with van der Waals surface area (Å²) in [6.07, 6.45) is -9.99. The van der Waals surface area contributed by atoms with Crippen molar-refractivity contribution < 1.29 is 26.3 Å². The highest BCUT2D eigenvalue weighted by Crippen LogP contribution is 2.27. The molecule has 0 atom stereocenters. The SMILES string of the molecule is C/C(=C\C(=NCC#N)C(F)(F)F)C(F)(F)F. The molecule has 0 saturated heterocycles. The molecule has 0 rings (SSSR count). The van der Waals surface area contributed by atoms with Crippen LogP contribution in [0.2, 0.25) is 0 Å². The third-order valence-electron chi connectivity index (χ3n) is 1.41. The van der Waals surface area contributed by atoms with E-state index in [1.165, 1.54) is 6.07 Å². The summed E-state index contributed by atoms with van der Waals surface area (Å²) in [4.78, 5) is 2.72. The monoisotopic (exact) mass is 244 g/mol. The average Bonchev–Trinajstić information content (AvgIpc) is 2.08. The minimum Gasteiger partial charge on any atom is -0.265 e. The van der Waals surface area contributed by atoms with Crippen molar-refractivity contribution in [2.75, 3.05) is 6.54 Å². The van der Waals surface area contributed by atoms with Crippen LogP contribution in [0.1, 0.15) is 6.92 Å². The Kier molecular flexibility index (Phi) is 4.53. The molecule has 2 nitrogen and oxygen atoms in total. The molecule has 8 heteroatoms. The van der Waals surface area contributed by atoms with Gasteiger partial charge in [0.1, 0.15) is 12.3 Å². The highest BCUT2D eigenvalue weighted by Gasteiger charge is 2.37. The lowest BCUT2D eigenvalue weighted by Gasteiger charge is -2.09. The van der Waals surface area contributed by atoms with Gasteiger partial charge in [-0.15, -0.1) is 0 Å². The lowest BCUT2D eigenvalue weighted by atomic mass is 10.2. The molecule has 0 aromatic rings. The maximum atomic E-state index is 12.1. The Balaban J connectivity index is 5.20. The summed E-state index contributed by atoms with van der Waals surface area (Å²) in [6.45, 7) is -0.357. The van der Waals surface area contributed by atoms with E-state index in [-0.39, 0.29) is 6.08 Å². The van der Waals surface area contributed by atoms with Gasteiger partial charge < -0.3 is 0 Å². The van der Waals surface area contributed by atoms with Crippen LogP contribution in [0.4, 0.5) is 26.3 Å². The first-order chi connectivity index (χ1) is 7.09. The second-order valence-electron chi connectivity index (χ2n) is 2.68. The molecule has 16 heavy (non-hydrogen) atoms. The van der Waals surface area contributed by atoms with Crippen LogP contribution in [0.25, 0.3) is 0 Å². The third kappa shape index (κ3) is 4.82. The predicted molar refractivity (Wildman–Crippen MR) is 43.8 cm³/mol. The van der Waals surface area contributed by atoms with Crippen molar-refractivity contribution in [1.29, 1.82) is 5.26 Å². The van der Waals surface area contributed by atoms with Gasteiger partial charge in [-0.25, -0.2) is 0 Å². The molecule has 0 N–H and O–H groups in total. The first-order valence-corrected chi connectivity index (χ1v) is 3.83. The summed E-state index contributed by atoms with van der Waals surface area (Å²) in [5, 5.41) is 8.01. The second-order valence-corrected chi connectivity index (χ2v) is 2.68. The highest BCUT2D eigenvalue weighted by molar-refractivity contribution is 6.00. The Morgan fingerprint density at radius 2 is 1.69 bits per heavy atom. The van der Waals surface area contributed by atoms with Gasteiger partial charge in [-0.3, -0.25) is 4.99 Å². The molecule has 0 aliphatic heterocycles. The van der Waals surface area contributed by atoms with Crippen LogP contribution in [-0.4, -0.2) is 24.6 Å². The smallest absolute Gasteiger partial charge is 0.265 e. The van der Waals surface area contributed by atoms with Crippen LogP contribution in [-0.2, 0) is 0 Å². The van der Waals surface area contributed by atoms with Gasteiger partial charge in [-0.2, -0.15) is 31.6 Å². The van der Waals surface area contributed by atoms with Crippen LogP contribution in [0.3, 0.4) is 0 Å². The van der Waals surface area contributed by atoms with Crippen LogP contribution < -0.4 is 0 Å². The third-order valence-corrected chi connectivity index (χ3v) is 1.41. The van der Waals surface area contributed by atoms with E-state index in [1.807, 2.05) is 0 Å². The Bertz CT molecular complexity index is 341. The van der Waals surface area contributed by atoms with E-state index in [2.05, 4.69) is 4.99 Å². The number of nitrogens with zero attached hydrogens (tertiary/aromatic N) is 2. The van der Waals surface area contributed by atoms with Gasteiger partial charge in [0.05, 0.1) is 6.07 Å². The molecule has 0 aromatic heterocycles. The van der Waals surface area contributed by atoms with Crippen LogP contribution in [0.5, 0.6) is 0 Å². The number of nitriles is 1. The Morgan fingerprint density at radius 1 is 1.19 bits per heavy atom. The van der Waals surface area contributed by atoms with E-state index < -0.39 is 30.2 Å². The van der Waals surface area contributed by atoms with E-state index in [9.17, 15) is 26.3 Å². The summed E-state index contributed by atoms with van der Waals surface area (Å²) in [7, 11) is 0. The van der Waals surface area contributed by atoms with Crippen LogP contribution in [0, 0.1) is 11.3 Å². The van der Waals surface area contributed by atoms with Crippen molar-refractivity contribution in [1.82, 2.24) is 0 Å². The van der Waals surface area contributed by atoms with Gasteiger partial charge >= 0.3 is 12.4 Å². The number of hydrogen-bond acceptors (Lipinski definition) is 2. The molecule has 0 fully saturated rings. The minimum absolute atomic E-state index is 0.128. The maximum Gasteiger partial charge on any atom is 0.432 e. The summed E-state index contributed by atoms with van der Waals surface area (Å²) in [6, 6.07) is 1.28. The van der Waals surface area contributed by atoms with Crippen LogP contribution in [0.15, 0.2) is 16.6 Å². The number of alkyl halides is 6. The first-order valence-electron chi connectivity index (χ1n) is 3.83. The van der Waals surface area contributed by atoms with Crippen molar-refractivity contribution in [3.8, 4) is 6.07 Å². The molecular weight excluding hydrogens is 238 g/mol. The Morgan fingerprint density at radius 3 is 2.00 bits per heavy atom. The van der Waals surface area contributed by atoms with Gasteiger partial charge in [0.25, 0.3) is 0 Å². The zero-order valence-corrected chi connectivity index (χ0v) is 7.95. The van der Waals surface area contributed by atoms with E-state index in [4.69, 9.17) is 5.26 Å². The van der Waals surface area contributed by atoms with E-state index in [0.717, 1.165) is 0 Å². The molecule has 0 heterocycles. The number of hydrogen-bond donors (Lipinski definition) is 0. The molecule has 0 unspecified atom stereocenters. The molecule has 0 saturated carbocycles. The zero-order valence-electron chi connectivity index (χ0n) is 7.95. The van der Waals surface area contributed by atoms with Crippen molar-refractivity contribution >= 4 is 5.71 Å². The van der Waals surface area contributed by atoms with Crippen LogP contribution >= 0.6 is 0 Å². The quantitative estimate of drug-likeness (QED) is 0.418. The normalized spacial score (nSPS) is 14.9. The molecular formula is C8H6F6N2. The molecule has 90 valence electrons. The highest BCUT2D eigenvalue weighted by atomic mass is 19.4. The first kappa shape index (κ1) is 14.5. The number of aliphatic imine (C=N–C) groups is 1. The van der Waals surface area contributed by atoms with E-state index in [0.29, 0.717) is 6.92 Å². The molecule has 0 aliphatic rings. The summed E-state index contributed by atoms with van der Waals surface area (Å²) in [5.74, 6) is 0. The fraction of sp³-hybridized carbons (Fsp3) is 0.500. The summed E-state index contributed by atoms with van der Waals surface area (Å²) < 4.78 is 72.3. The molecule has 0 aromatic carbocycles. The fourth-order valence-corrected chi connectivity index (χ4v) is 0.625. The van der Waals surface area contributed by atoms with Gasteiger partial charge in [0.15, 0.2) is 0 Å².